The first-order valence-corrected chi connectivity index (χ1v) is 6.23. The van der Waals surface area contributed by atoms with E-state index in [1.807, 2.05) is 16.8 Å². The molecule has 0 saturated carbocycles. The van der Waals surface area contributed by atoms with Crippen molar-refractivity contribution in [1.29, 1.82) is 0 Å². The normalized spacial score (nSPS) is 23.5. The van der Waals surface area contributed by atoms with Gasteiger partial charge in [0.05, 0.1) is 0 Å². The van der Waals surface area contributed by atoms with E-state index in [4.69, 9.17) is 15.2 Å². The summed E-state index contributed by atoms with van der Waals surface area (Å²) in [6.07, 6.45) is -0.358. The van der Waals surface area contributed by atoms with Crippen molar-refractivity contribution < 1.29 is 19.1 Å². The molecular formula is C11H13NO4S. The van der Waals surface area contributed by atoms with Crippen LogP contribution in [0.5, 0.6) is 0 Å². The fourth-order valence-electron chi connectivity index (χ4n) is 1.64. The van der Waals surface area contributed by atoms with E-state index < -0.39 is 24.1 Å². The van der Waals surface area contributed by atoms with Crippen LogP contribution in [0.15, 0.2) is 16.8 Å². The summed E-state index contributed by atoms with van der Waals surface area (Å²) >= 11 is 1.54. The van der Waals surface area contributed by atoms with E-state index in [1.54, 1.807) is 11.3 Å². The third kappa shape index (κ3) is 3.04. The summed E-state index contributed by atoms with van der Waals surface area (Å²) in [5.74, 6) is -0.960. The zero-order chi connectivity index (χ0) is 12.3. The summed E-state index contributed by atoms with van der Waals surface area (Å²) in [5.41, 5.74) is 6.05. The Labute approximate surface area is 103 Å². The number of rotatable bonds is 4. The summed E-state index contributed by atoms with van der Waals surface area (Å²) in [7, 11) is 0. The van der Waals surface area contributed by atoms with Crippen LogP contribution in [0.3, 0.4) is 0 Å². The van der Waals surface area contributed by atoms with Gasteiger partial charge in [0.25, 0.3) is 0 Å². The van der Waals surface area contributed by atoms with Crippen molar-refractivity contribution >= 4 is 23.2 Å². The third-order valence-electron chi connectivity index (χ3n) is 2.56. The smallest absolute Gasteiger partial charge is 0.335 e. The van der Waals surface area contributed by atoms with E-state index >= 15 is 0 Å². The lowest BCUT2D eigenvalue weighted by Crippen LogP contribution is -2.31. The van der Waals surface area contributed by atoms with Crippen molar-refractivity contribution in [2.24, 2.45) is 5.73 Å². The van der Waals surface area contributed by atoms with Crippen LogP contribution in [0, 0.1) is 0 Å². The number of carbonyl (C=O) groups excluding carboxylic acids is 2. The summed E-state index contributed by atoms with van der Waals surface area (Å²) in [4.78, 5) is 22.5. The fourth-order valence-corrected chi connectivity index (χ4v) is 2.30. The zero-order valence-electron chi connectivity index (χ0n) is 9.13. The van der Waals surface area contributed by atoms with Crippen molar-refractivity contribution in [3.63, 3.8) is 0 Å². The lowest BCUT2D eigenvalue weighted by atomic mass is 10.2. The molecule has 1 aliphatic rings. The van der Waals surface area contributed by atoms with Gasteiger partial charge >= 0.3 is 5.97 Å². The van der Waals surface area contributed by atoms with Gasteiger partial charge in [0.15, 0.2) is 6.10 Å². The first-order chi connectivity index (χ1) is 8.16. The van der Waals surface area contributed by atoms with Crippen molar-refractivity contribution in [3.8, 4) is 0 Å². The maximum atomic E-state index is 11.6. The van der Waals surface area contributed by atoms with Gasteiger partial charge < -0.3 is 15.2 Å². The van der Waals surface area contributed by atoms with Crippen LogP contribution in [0.1, 0.15) is 18.4 Å². The van der Waals surface area contributed by atoms with Crippen molar-refractivity contribution in [2.45, 2.75) is 31.7 Å². The van der Waals surface area contributed by atoms with Crippen LogP contribution < -0.4 is 5.73 Å². The molecule has 92 valence electrons. The van der Waals surface area contributed by atoms with Gasteiger partial charge in [-0.1, -0.05) is 0 Å². The van der Waals surface area contributed by atoms with Crippen molar-refractivity contribution in [1.82, 2.24) is 0 Å². The number of nitrogens with two attached hydrogens (primary N) is 1. The molecule has 0 radical (unpaired) electrons. The van der Waals surface area contributed by atoms with Gasteiger partial charge in [-0.2, -0.15) is 11.3 Å². The second kappa shape index (κ2) is 5.29. The lowest BCUT2D eigenvalue weighted by molar-refractivity contribution is -0.158. The average Bonchev–Trinajstić information content (AvgIpc) is 2.96. The minimum atomic E-state index is -0.661. The largest absolute Gasteiger partial charge is 0.459 e. The molecule has 1 fully saturated rings. The van der Waals surface area contributed by atoms with Crippen LogP contribution >= 0.6 is 11.3 Å². The molecule has 0 aliphatic carbocycles. The monoisotopic (exact) mass is 255 g/mol. The number of amides is 1. The van der Waals surface area contributed by atoms with Crippen molar-refractivity contribution in [2.75, 3.05) is 0 Å². The molecule has 5 nitrogen and oxygen atoms in total. The molecule has 2 atom stereocenters. The predicted octanol–water partition coefficient (Wildman–Crippen LogP) is 0.824. The number of esters is 1. The molecule has 0 aromatic carbocycles. The SMILES string of the molecule is NC(=O)[C@H]1CC[C@@H](C(=O)OCc2ccsc2)O1. The lowest BCUT2D eigenvalue weighted by Gasteiger charge is -2.10. The second-order valence-corrected chi connectivity index (χ2v) is 4.61. The van der Waals surface area contributed by atoms with E-state index in [1.165, 1.54) is 0 Å². The highest BCUT2D eigenvalue weighted by Crippen LogP contribution is 2.21. The Balaban J connectivity index is 1.79. The van der Waals surface area contributed by atoms with Gasteiger partial charge in [0.1, 0.15) is 12.7 Å². The summed E-state index contributed by atoms with van der Waals surface area (Å²) in [6.45, 7) is 0.240. The topological polar surface area (TPSA) is 78.6 Å². The van der Waals surface area contributed by atoms with E-state index in [-0.39, 0.29) is 6.61 Å². The Hall–Kier alpha value is -1.40. The summed E-state index contributed by atoms with van der Waals surface area (Å²) in [5, 5.41) is 3.83. The molecule has 1 aromatic rings. The highest BCUT2D eigenvalue weighted by atomic mass is 32.1. The minimum absolute atomic E-state index is 0.240. The number of thiophene rings is 1. The van der Waals surface area contributed by atoms with Crippen LogP contribution in [0.25, 0.3) is 0 Å². The Morgan fingerprint density at radius 1 is 1.47 bits per heavy atom. The Morgan fingerprint density at radius 2 is 2.24 bits per heavy atom. The molecule has 2 N–H and O–H groups in total. The van der Waals surface area contributed by atoms with E-state index in [9.17, 15) is 9.59 Å². The van der Waals surface area contributed by atoms with Gasteiger partial charge in [-0.15, -0.1) is 0 Å². The van der Waals surface area contributed by atoms with Gasteiger partial charge in [0, 0.05) is 5.56 Å². The summed E-state index contributed by atoms with van der Waals surface area (Å²) < 4.78 is 10.3. The fraction of sp³-hybridized carbons (Fsp3) is 0.455. The summed E-state index contributed by atoms with van der Waals surface area (Å²) in [6, 6.07) is 1.89. The molecule has 2 rings (SSSR count). The Morgan fingerprint density at radius 3 is 2.82 bits per heavy atom. The molecule has 17 heavy (non-hydrogen) atoms. The molecule has 1 aliphatic heterocycles. The van der Waals surface area contributed by atoms with Crippen molar-refractivity contribution in [3.05, 3.63) is 22.4 Å². The van der Waals surface area contributed by atoms with Crippen LogP contribution in [-0.2, 0) is 25.7 Å². The van der Waals surface area contributed by atoms with E-state index in [2.05, 4.69) is 0 Å². The molecule has 0 bridgehead atoms. The van der Waals surface area contributed by atoms with Gasteiger partial charge in [-0.05, 0) is 29.7 Å². The first-order valence-electron chi connectivity index (χ1n) is 5.29. The number of primary amides is 1. The Kier molecular flexibility index (Phi) is 3.75. The molecule has 6 heteroatoms. The number of ether oxygens (including phenoxy) is 2. The van der Waals surface area contributed by atoms with Crippen LogP contribution in [0.2, 0.25) is 0 Å². The zero-order valence-corrected chi connectivity index (χ0v) is 9.94. The molecule has 2 heterocycles. The second-order valence-electron chi connectivity index (χ2n) is 3.83. The van der Waals surface area contributed by atoms with E-state index in [0.29, 0.717) is 12.8 Å². The first kappa shape index (κ1) is 12.1. The standard InChI is InChI=1S/C11H13NO4S/c12-10(13)8-1-2-9(16-8)11(14)15-5-7-3-4-17-6-7/h3-4,6,8-9H,1-2,5H2,(H2,12,13)/t8-,9+/m1/s1. The molecule has 1 amide bonds. The molecule has 1 aromatic heterocycles. The number of hydrogen-bond acceptors (Lipinski definition) is 5. The molecule has 0 spiro atoms. The highest BCUT2D eigenvalue weighted by molar-refractivity contribution is 7.07. The quantitative estimate of drug-likeness (QED) is 0.808. The number of hydrogen-bond donors (Lipinski definition) is 1. The Bertz CT molecular complexity index is 404. The maximum absolute atomic E-state index is 11.6. The minimum Gasteiger partial charge on any atom is -0.459 e. The third-order valence-corrected chi connectivity index (χ3v) is 3.29. The molecule has 0 unspecified atom stereocenters. The average molecular weight is 255 g/mol. The van der Waals surface area contributed by atoms with Gasteiger partial charge in [0.2, 0.25) is 5.91 Å². The van der Waals surface area contributed by atoms with Gasteiger partial charge in [-0.25, -0.2) is 4.79 Å². The number of carbonyl (C=O) groups is 2. The van der Waals surface area contributed by atoms with Crippen LogP contribution in [0.4, 0.5) is 0 Å². The van der Waals surface area contributed by atoms with Crippen LogP contribution in [-0.4, -0.2) is 24.1 Å². The predicted molar refractivity (Wildman–Crippen MR) is 61.2 cm³/mol. The van der Waals surface area contributed by atoms with Gasteiger partial charge in [-0.3, -0.25) is 4.79 Å². The highest BCUT2D eigenvalue weighted by Gasteiger charge is 2.34. The molecule has 1 saturated heterocycles. The maximum Gasteiger partial charge on any atom is 0.335 e. The van der Waals surface area contributed by atoms with E-state index in [0.717, 1.165) is 5.56 Å². The molecular weight excluding hydrogens is 242 g/mol.